The van der Waals surface area contributed by atoms with Gasteiger partial charge in [-0.3, -0.25) is 0 Å². The van der Waals surface area contributed by atoms with E-state index < -0.39 is 11.7 Å². The molecule has 0 bridgehead atoms. The van der Waals surface area contributed by atoms with E-state index >= 15 is 0 Å². The summed E-state index contributed by atoms with van der Waals surface area (Å²) in [6.45, 7) is 6.73. The number of anilines is 1. The first kappa shape index (κ1) is 16.8. The number of rotatable bonds is 6. The molecule has 0 spiro atoms. The lowest BCUT2D eigenvalue weighted by atomic mass is 10.0. The van der Waals surface area contributed by atoms with Crippen molar-refractivity contribution < 1.29 is 13.2 Å². The molecule has 0 aliphatic heterocycles. The second kappa shape index (κ2) is 6.97. The van der Waals surface area contributed by atoms with E-state index in [1.165, 1.54) is 6.07 Å². The van der Waals surface area contributed by atoms with E-state index in [2.05, 4.69) is 0 Å². The zero-order chi connectivity index (χ0) is 15.3. The molecule has 0 fully saturated rings. The molecule has 1 unspecified atom stereocenters. The van der Waals surface area contributed by atoms with Gasteiger partial charge in [-0.2, -0.15) is 13.2 Å². The van der Waals surface area contributed by atoms with Crippen molar-refractivity contribution in [2.24, 2.45) is 5.73 Å². The maximum absolute atomic E-state index is 13.2. The molecule has 0 aliphatic rings. The van der Waals surface area contributed by atoms with Crippen LogP contribution in [-0.4, -0.2) is 19.1 Å². The van der Waals surface area contributed by atoms with Crippen LogP contribution in [0.4, 0.5) is 18.9 Å². The summed E-state index contributed by atoms with van der Waals surface area (Å²) in [7, 11) is 0. The molecule has 0 aliphatic carbocycles. The SMILES string of the molecule is CCC(N)Cc1ccc(N(CC)CC)c(C(F)(F)F)c1. The first-order valence-corrected chi connectivity index (χ1v) is 7.04. The van der Waals surface area contributed by atoms with Crippen LogP contribution in [0.5, 0.6) is 0 Å². The van der Waals surface area contributed by atoms with E-state index in [9.17, 15) is 13.2 Å². The van der Waals surface area contributed by atoms with Crippen molar-refractivity contribution in [1.29, 1.82) is 0 Å². The predicted molar refractivity (Wildman–Crippen MR) is 77.0 cm³/mol. The van der Waals surface area contributed by atoms with Gasteiger partial charge in [0.05, 0.1) is 5.56 Å². The molecule has 1 aromatic carbocycles. The fraction of sp³-hybridized carbons (Fsp3) is 0.600. The van der Waals surface area contributed by atoms with Gasteiger partial charge in [-0.25, -0.2) is 0 Å². The Balaban J connectivity index is 3.20. The van der Waals surface area contributed by atoms with Crippen LogP contribution in [0.25, 0.3) is 0 Å². The topological polar surface area (TPSA) is 29.3 Å². The van der Waals surface area contributed by atoms with Crippen LogP contribution in [0.15, 0.2) is 18.2 Å². The number of nitrogens with zero attached hydrogens (tertiary/aromatic N) is 1. The standard InChI is InChI=1S/C15H23F3N2/c1-4-12(19)9-11-7-8-14(20(5-2)6-3)13(10-11)15(16,17)18/h7-8,10,12H,4-6,9,19H2,1-3H3. The van der Waals surface area contributed by atoms with Gasteiger partial charge in [0.15, 0.2) is 0 Å². The Morgan fingerprint density at radius 2 is 1.75 bits per heavy atom. The van der Waals surface area contributed by atoms with Gasteiger partial charge in [0, 0.05) is 24.8 Å². The summed E-state index contributed by atoms with van der Waals surface area (Å²) >= 11 is 0. The molecule has 20 heavy (non-hydrogen) atoms. The largest absolute Gasteiger partial charge is 0.418 e. The molecule has 1 aromatic rings. The van der Waals surface area contributed by atoms with Gasteiger partial charge in [0.2, 0.25) is 0 Å². The molecule has 0 radical (unpaired) electrons. The van der Waals surface area contributed by atoms with Crippen LogP contribution in [0, 0.1) is 0 Å². The Kier molecular flexibility index (Phi) is 5.87. The summed E-state index contributed by atoms with van der Waals surface area (Å²) in [4.78, 5) is 1.71. The van der Waals surface area contributed by atoms with E-state index in [1.54, 1.807) is 17.0 Å². The number of alkyl halides is 3. The molecule has 0 saturated carbocycles. The number of hydrogen-bond donors (Lipinski definition) is 1. The molecule has 0 heterocycles. The predicted octanol–water partition coefficient (Wildman–Crippen LogP) is 3.83. The highest BCUT2D eigenvalue weighted by Crippen LogP contribution is 2.37. The van der Waals surface area contributed by atoms with Crippen LogP contribution in [0.1, 0.15) is 38.3 Å². The first-order valence-electron chi connectivity index (χ1n) is 7.04. The van der Waals surface area contributed by atoms with Gasteiger partial charge < -0.3 is 10.6 Å². The van der Waals surface area contributed by atoms with Gasteiger partial charge in [0.1, 0.15) is 0 Å². The Labute approximate surface area is 118 Å². The summed E-state index contributed by atoms with van der Waals surface area (Å²) in [5, 5.41) is 0. The highest BCUT2D eigenvalue weighted by molar-refractivity contribution is 5.56. The third kappa shape index (κ3) is 4.13. The minimum absolute atomic E-state index is 0.101. The van der Waals surface area contributed by atoms with Crippen molar-refractivity contribution in [3.8, 4) is 0 Å². The van der Waals surface area contributed by atoms with Crippen molar-refractivity contribution in [2.75, 3.05) is 18.0 Å². The van der Waals surface area contributed by atoms with Crippen LogP contribution in [0.3, 0.4) is 0 Å². The van der Waals surface area contributed by atoms with Crippen molar-refractivity contribution in [3.63, 3.8) is 0 Å². The average molecular weight is 288 g/mol. The number of benzene rings is 1. The van der Waals surface area contributed by atoms with Crippen molar-refractivity contribution >= 4 is 5.69 Å². The van der Waals surface area contributed by atoms with Gasteiger partial charge in [-0.15, -0.1) is 0 Å². The highest BCUT2D eigenvalue weighted by Gasteiger charge is 2.34. The molecule has 2 nitrogen and oxygen atoms in total. The maximum atomic E-state index is 13.2. The molecule has 114 valence electrons. The molecule has 1 rings (SSSR count). The molecule has 5 heteroatoms. The minimum atomic E-state index is -4.34. The Morgan fingerprint density at radius 1 is 1.15 bits per heavy atom. The summed E-state index contributed by atoms with van der Waals surface area (Å²) in [5.74, 6) is 0. The lowest BCUT2D eigenvalue weighted by Crippen LogP contribution is -2.26. The van der Waals surface area contributed by atoms with Crippen LogP contribution >= 0.6 is 0 Å². The van der Waals surface area contributed by atoms with Gasteiger partial charge in [-0.1, -0.05) is 13.0 Å². The molecule has 1 atom stereocenters. The minimum Gasteiger partial charge on any atom is -0.372 e. The Morgan fingerprint density at radius 3 is 2.20 bits per heavy atom. The normalized spacial score (nSPS) is 13.3. The van der Waals surface area contributed by atoms with Crippen LogP contribution in [0.2, 0.25) is 0 Å². The zero-order valence-electron chi connectivity index (χ0n) is 12.3. The highest BCUT2D eigenvalue weighted by atomic mass is 19.4. The first-order chi connectivity index (χ1) is 9.33. The fourth-order valence-corrected chi connectivity index (χ4v) is 2.22. The van der Waals surface area contributed by atoms with E-state index in [0.29, 0.717) is 25.1 Å². The monoisotopic (exact) mass is 288 g/mol. The quantitative estimate of drug-likeness (QED) is 0.862. The van der Waals surface area contributed by atoms with E-state index in [4.69, 9.17) is 5.73 Å². The van der Waals surface area contributed by atoms with Crippen molar-refractivity contribution in [1.82, 2.24) is 0 Å². The number of hydrogen-bond acceptors (Lipinski definition) is 2. The van der Waals surface area contributed by atoms with E-state index in [-0.39, 0.29) is 11.7 Å². The summed E-state index contributed by atoms with van der Waals surface area (Å²) < 4.78 is 39.7. The van der Waals surface area contributed by atoms with Crippen LogP contribution in [-0.2, 0) is 12.6 Å². The average Bonchev–Trinajstić information content (AvgIpc) is 2.40. The van der Waals surface area contributed by atoms with Gasteiger partial charge in [-0.05, 0) is 44.4 Å². The lowest BCUT2D eigenvalue weighted by molar-refractivity contribution is -0.137. The third-order valence-electron chi connectivity index (χ3n) is 3.49. The summed E-state index contributed by atoms with van der Waals surface area (Å²) in [6, 6.07) is 4.45. The van der Waals surface area contributed by atoms with Crippen LogP contribution < -0.4 is 10.6 Å². The van der Waals surface area contributed by atoms with E-state index in [1.807, 2.05) is 20.8 Å². The number of halogens is 3. The van der Waals surface area contributed by atoms with Gasteiger partial charge in [0.25, 0.3) is 0 Å². The molecular weight excluding hydrogens is 265 g/mol. The maximum Gasteiger partial charge on any atom is 0.418 e. The fourth-order valence-electron chi connectivity index (χ4n) is 2.22. The zero-order valence-corrected chi connectivity index (χ0v) is 12.3. The van der Waals surface area contributed by atoms with Crippen molar-refractivity contribution in [3.05, 3.63) is 29.3 Å². The van der Waals surface area contributed by atoms with Gasteiger partial charge >= 0.3 is 6.18 Å². The molecule has 0 aromatic heterocycles. The molecule has 2 N–H and O–H groups in total. The summed E-state index contributed by atoms with van der Waals surface area (Å²) in [6.07, 6.45) is -3.12. The Hall–Kier alpha value is -1.23. The van der Waals surface area contributed by atoms with E-state index in [0.717, 1.165) is 6.42 Å². The van der Waals surface area contributed by atoms with Crippen molar-refractivity contribution in [2.45, 2.75) is 45.8 Å². The Bertz CT molecular complexity index is 426. The third-order valence-corrected chi connectivity index (χ3v) is 3.49. The second-order valence-electron chi connectivity index (χ2n) is 4.89. The smallest absolute Gasteiger partial charge is 0.372 e. The second-order valence-corrected chi connectivity index (χ2v) is 4.89. The summed E-state index contributed by atoms with van der Waals surface area (Å²) in [5.41, 5.74) is 6.14. The molecule has 0 saturated heterocycles. The number of nitrogens with two attached hydrogens (primary N) is 1. The lowest BCUT2D eigenvalue weighted by Gasteiger charge is -2.26. The molecular formula is C15H23F3N2. The molecule has 0 amide bonds.